The Kier molecular flexibility index (Phi) is 7.66. The number of amides is 1. The summed E-state index contributed by atoms with van der Waals surface area (Å²) in [6, 6.07) is 15.2. The molecule has 0 aliphatic heterocycles. The normalized spacial score (nSPS) is 10.3. The summed E-state index contributed by atoms with van der Waals surface area (Å²) in [5.74, 6) is -0.0130. The third-order valence-electron chi connectivity index (χ3n) is 3.74. The van der Waals surface area contributed by atoms with E-state index in [9.17, 15) is 9.59 Å². The standard InChI is InChI=1S/C20H22BrNO4/c1-15-7-9-17(10-8-15)25-12-11-20(24)26-14-19(23)22(2)13-16-5-3-4-6-18(16)21/h3-10H,11-14H2,1-2H3. The van der Waals surface area contributed by atoms with Gasteiger partial charge in [-0.05, 0) is 30.7 Å². The lowest BCUT2D eigenvalue weighted by atomic mass is 10.2. The van der Waals surface area contributed by atoms with Crippen LogP contribution in [0.25, 0.3) is 0 Å². The summed E-state index contributed by atoms with van der Waals surface area (Å²) in [6.45, 7) is 2.37. The van der Waals surface area contributed by atoms with Gasteiger partial charge in [0.05, 0.1) is 13.0 Å². The van der Waals surface area contributed by atoms with Crippen LogP contribution in [0.5, 0.6) is 5.75 Å². The number of hydrogen-bond donors (Lipinski definition) is 0. The van der Waals surface area contributed by atoms with Crippen LogP contribution in [0.4, 0.5) is 0 Å². The summed E-state index contributed by atoms with van der Waals surface area (Å²) < 4.78 is 11.4. The maximum atomic E-state index is 12.1. The second-order valence-electron chi connectivity index (χ2n) is 5.91. The van der Waals surface area contributed by atoms with Gasteiger partial charge in [0.2, 0.25) is 0 Å². The highest BCUT2D eigenvalue weighted by molar-refractivity contribution is 9.10. The molecule has 5 nitrogen and oxygen atoms in total. The summed E-state index contributed by atoms with van der Waals surface area (Å²) in [5, 5.41) is 0. The van der Waals surface area contributed by atoms with Crippen LogP contribution >= 0.6 is 15.9 Å². The van der Waals surface area contributed by atoms with E-state index in [2.05, 4.69) is 15.9 Å². The van der Waals surface area contributed by atoms with E-state index < -0.39 is 5.97 Å². The van der Waals surface area contributed by atoms with Crippen LogP contribution in [0.3, 0.4) is 0 Å². The zero-order valence-electron chi connectivity index (χ0n) is 14.9. The van der Waals surface area contributed by atoms with Gasteiger partial charge in [0.15, 0.2) is 6.61 Å². The van der Waals surface area contributed by atoms with Crippen LogP contribution in [0, 0.1) is 6.92 Å². The van der Waals surface area contributed by atoms with Crippen molar-refractivity contribution in [3.8, 4) is 5.75 Å². The smallest absolute Gasteiger partial charge is 0.309 e. The van der Waals surface area contributed by atoms with Crippen molar-refractivity contribution in [3.63, 3.8) is 0 Å². The fraction of sp³-hybridized carbons (Fsp3) is 0.300. The van der Waals surface area contributed by atoms with Crippen molar-refractivity contribution in [2.45, 2.75) is 19.9 Å². The number of rotatable bonds is 8. The monoisotopic (exact) mass is 419 g/mol. The molecule has 138 valence electrons. The number of esters is 1. The van der Waals surface area contributed by atoms with E-state index in [4.69, 9.17) is 9.47 Å². The Hall–Kier alpha value is -2.34. The molecule has 2 aromatic rings. The largest absolute Gasteiger partial charge is 0.493 e. The molecule has 26 heavy (non-hydrogen) atoms. The van der Waals surface area contributed by atoms with E-state index >= 15 is 0 Å². The molecule has 0 saturated carbocycles. The van der Waals surface area contributed by atoms with Crippen LogP contribution < -0.4 is 4.74 Å². The van der Waals surface area contributed by atoms with Crippen LogP contribution in [-0.2, 0) is 20.9 Å². The molecule has 0 unspecified atom stereocenters. The van der Waals surface area contributed by atoms with Crippen molar-refractivity contribution in [2.75, 3.05) is 20.3 Å². The molecule has 0 fully saturated rings. The first kappa shape index (κ1) is 20.0. The van der Waals surface area contributed by atoms with Crippen LogP contribution in [0.15, 0.2) is 53.0 Å². The van der Waals surface area contributed by atoms with E-state index in [1.807, 2.05) is 55.5 Å². The van der Waals surface area contributed by atoms with Gasteiger partial charge in [-0.2, -0.15) is 0 Å². The number of benzene rings is 2. The van der Waals surface area contributed by atoms with Crippen LogP contribution in [0.2, 0.25) is 0 Å². The molecule has 0 spiro atoms. The zero-order chi connectivity index (χ0) is 18.9. The predicted octanol–water partition coefficient (Wildman–Crippen LogP) is 3.73. The molecule has 0 atom stereocenters. The molecule has 0 aliphatic rings. The highest BCUT2D eigenvalue weighted by atomic mass is 79.9. The van der Waals surface area contributed by atoms with E-state index in [0.717, 1.165) is 15.6 Å². The lowest BCUT2D eigenvalue weighted by molar-refractivity contribution is -0.152. The molecule has 0 radical (unpaired) electrons. The average molecular weight is 420 g/mol. The minimum absolute atomic E-state index is 0.0924. The Morgan fingerprint density at radius 3 is 2.46 bits per heavy atom. The second kappa shape index (κ2) is 9.97. The Morgan fingerprint density at radius 1 is 1.08 bits per heavy atom. The third kappa shape index (κ3) is 6.52. The van der Waals surface area contributed by atoms with Crippen molar-refractivity contribution in [1.82, 2.24) is 4.90 Å². The molecule has 0 aliphatic carbocycles. The van der Waals surface area contributed by atoms with Crippen LogP contribution in [0.1, 0.15) is 17.5 Å². The summed E-state index contributed by atoms with van der Waals surface area (Å²) in [5.41, 5.74) is 2.13. The van der Waals surface area contributed by atoms with E-state index in [0.29, 0.717) is 12.3 Å². The molecule has 6 heteroatoms. The van der Waals surface area contributed by atoms with Gasteiger partial charge in [0.1, 0.15) is 5.75 Å². The maximum Gasteiger partial charge on any atom is 0.309 e. The Balaban J connectivity index is 1.68. The number of hydrogen-bond acceptors (Lipinski definition) is 4. The Bertz CT molecular complexity index is 746. The highest BCUT2D eigenvalue weighted by Gasteiger charge is 2.13. The summed E-state index contributed by atoms with van der Waals surface area (Å²) in [6.07, 6.45) is 0.0924. The maximum absolute atomic E-state index is 12.1. The predicted molar refractivity (Wildman–Crippen MR) is 103 cm³/mol. The number of carbonyl (C=O) groups excluding carboxylic acids is 2. The highest BCUT2D eigenvalue weighted by Crippen LogP contribution is 2.17. The van der Waals surface area contributed by atoms with Gasteiger partial charge >= 0.3 is 5.97 Å². The van der Waals surface area contributed by atoms with Gasteiger partial charge in [0, 0.05) is 18.1 Å². The number of likely N-dealkylation sites (N-methyl/N-ethyl adjacent to an activating group) is 1. The quantitative estimate of drug-likeness (QED) is 0.611. The molecule has 0 saturated heterocycles. The topological polar surface area (TPSA) is 55.8 Å². The van der Waals surface area contributed by atoms with Gasteiger partial charge in [-0.1, -0.05) is 51.8 Å². The van der Waals surface area contributed by atoms with Gasteiger partial charge in [-0.15, -0.1) is 0 Å². The fourth-order valence-corrected chi connectivity index (χ4v) is 2.59. The van der Waals surface area contributed by atoms with Crippen molar-refractivity contribution in [2.24, 2.45) is 0 Å². The molecule has 2 aromatic carbocycles. The van der Waals surface area contributed by atoms with E-state index in [1.54, 1.807) is 7.05 Å². The Labute approximate surface area is 162 Å². The number of carbonyl (C=O) groups is 2. The third-order valence-corrected chi connectivity index (χ3v) is 4.52. The SMILES string of the molecule is Cc1ccc(OCCC(=O)OCC(=O)N(C)Cc2ccccc2Br)cc1. The number of aryl methyl sites for hydroxylation is 1. The summed E-state index contributed by atoms with van der Waals surface area (Å²) >= 11 is 3.45. The van der Waals surface area contributed by atoms with Gasteiger partial charge in [-0.3, -0.25) is 9.59 Å². The van der Waals surface area contributed by atoms with Crippen molar-refractivity contribution >= 4 is 27.8 Å². The number of nitrogens with zero attached hydrogens (tertiary/aromatic N) is 1. The molecular weight excluding hydrogens is 398 g/mol. The number of halogens is 1. The molecule has 1 amide bonds. The van der Waals surface area contributed by atoms with E-state index in [-0.39, 0.29) is 25.5 Å². The molecule has 2 rings (SSSR count). The summed E-state index contributed by atoms with van der Waals surface area (Å²) in [4.78, 5) is 25.4. The minimum Gasteiger partial charge on any atom is -0.493 e. The van der Waals surface area contributed by atoms with Crippen LogP contribution in [-0.4, -0.2) is 37.0 Å². The van der Waals surface area contributed by atoms with Gasteiger partial charge < -0.3 is 14.4 Å². The lowest BCUT2D eigenvalue weighted by Crippen LogP contribution is -2.31. The average Bonchev–Trinajstić information content (AvgIpc) is 2.63. The molecular formula is C20H22BrNO4. The fourth-order valence-electron chi connectivity index (χ4n) is 2.18. The van der Waals surface area contributed by atoms with Crippen molar-refractivity contribution in [1.29, 1.82) is 0 Å². The van der Waals surface area contributed by atoms with Crippen molar-refractivity contribution in [3.05, 3.63) is 64.1 Å². The Morgan fingerprint density at radius 2 is 1.77 bits per heavy atom. The first-order valence-corrected chi connectivity index (χ1v) is 9.07. The minimum atomic E-state index is -0.459. The molecule has 0 N–H and O–H groups in total. The van der Waals surface area contributed by atoms with Crippen molar-refractivity contribution < 1.29 is 19.1 Å². The van der Waals surface area contributed by atoms with E-state index in [1.165, 1.54) is 4.90 Å². The second-order valence-corrected chi connectivity index (χ2v) is 6.77. The molecule has 0 bridgehead atoms. The first-order valence-electron chi connectivity index (χ1n) is 8.28. The van der Waals surface area contributed by atoms with Gasteiger partial charge in [0.25, 0.3) is 5.91 Å². The summed E-state index contributed by atoms with van der Waals surface area (Å²) in [7, 11) is 1.68. The first-order chi connectivity index (χ1) is 12.5. The lowest BCUT2D eigenvalue weighted by Gasteiger charge is -2.18. The molecule has 0 aromatic heterocycles. The number of ether oxygens (including phenoxy) is 2. The van der Waals surface area contributed by atoms with Gasteiger partial charge in [-0.25, -0.2) is 0 Å². The zero-order valence-corrected chi connectivity index (χ0v) is 16.5. The molecule has 0 heterocycles.